The van der Waals surface area contributed by atoms with Crippen LogP contribution in [0.2, 0.25) is 0 Å². The number of thiazole rings is 1. The second-order valence-electron chi connectivity index (χ2n) is 5.29. The molecule has 0 bridgehead atoms. The second kappa shape index (κ2) is 7.82. The number of aromatic nitrogens is 1. The minimum atomic E-state index is -4.42. The van der Waals surface area contributed by atoms with Crippen molar-refractivity contribution in [3.8, 4) is 0 Å². The van der Waals surface area contributed by atoms with E-state index in [4.69, 9.17) is 0 Å². The van der Waals surface area contributed by atoms with E-state index in [-0.39, 0.29) is 12.5 Å². The van der Waals surface area contributed by atoms with Crippen molar-refractivity contribution in [1.29, 1.82) is 0 Å². The van der Waals surface area contributed by atoms with Crippen LogP contribution in [0.1, 0.15) is 24.5 Å². The average molecular weight is 363 g/mol. The van der Waals surface area contributed by atoms with Crippen LogP contribution in [0, 0.1) is 0 Å². The fraction of sp³-hybridized carbons (Fsp3) is 0.643. The molecule has 1 aromatic heterocycles. The molecule has 0 radical (unpaired) electrons. The number of hydrogen-bond acceptors (Lipinski definition) is 4. The van der Waals surface area contributed by atoms with E-state index in [1.165, 1.54) is 6.92 Å². The Morgan fingerprint density at radius 3 is 2.46 bits per heavy atom. The second-order valence-corrected chi connectivity index (χ2v) is 6.23. The quantitative estimate of drug-likeness (QED) is 0.657. The van der Waals surface area contributed by atoms with Gasteiger partial charge in [0.05, 0.1) is 6.54 Å². The van der Waals surface area contributed by atoms with E-state index >= 15 is 0 Å². The first kappa shape index (κ1) is 18.5. The van der Waals surface area contributed by atoms with Crippen molar-refractivity contribution in [2.75, 3.05) is 32.7 Å². The van der Waals surface area contributed by atoms with Crippen LogP contribution in [0.15, 0.2) is 10.4 Å². The predicted molar refractivity (Wildman–Crippen MR) is 85.8 cm³/mol. The lowest BCUT2D eigenvalue weighted by atomic mass is 10.3. The normalized spacial score (nSPS) is 16.5. The zero-order valence-electron chi connectivity index (χ0n) is 13.6. The lowest BCUT2D eigenvalue weighted by molar-refractivity contribution is -0.140. The van der Waals surface area contributed by atoms with E-state index in [1.807, 2.05) is 11.8 Å². The van der Waals surface area contributed by atoms with Gasteiger partial charge in [0, 0.05) is 45.0 Å². The summed E-state index contributed by atoms with van der Waals surface area (Å²) in [6.45, 7) is 6.69. The molecule has 1 aliphatic heterocycles. The lowest BCUT2D eigenvalue weighted by Crippen LogP contribution is -2.53. The Morgan fingerprint density at radius 2 is 1.96 bits per heavy atom. The van der Waals surface area contributed by atoms with E-state index in [2.05, 4.69) is 15.3 Å². The third-order valence-corrected chi connectivity index (χ3v) is 4.40. The molecule has 0 atom stereocenters. The number of alkyl halides is 3. The zero-order chi connectivity index (χ0) is 17.7. The molecule has 10 heteroatoms. The van der Waals surface area contributed by atoms with Crippen molar-refractivity contribution < 1.29 is 18.0 Å². The van der Waals surface area contributed by atoms with Crippen molar-refractivity contribution in [2.45, 2.75) is 26.6 Å². The van der Waals surface area contributed by atoms with Crippen LogP contribution in [-0.4, -0.2) is 59.4 Å². The summed E-state index contributed by atoms with van der Waals surface area (Å²) in [6, 6.07) is 0. The Kier molecular flexibility index (Phi) is 6.03. The molecule has 1 aromatic rings. The van der Waals surface area contributed by atoms with Gasteiger partial charge in [0.25, 0.3) is 0 Å². The molecule has 1 saturated heterocycles. The van der Waals surface area contributed by atoms with Crippen LogP contribution in [-0.2, 0) is 17.5 Å². The van der Waals surface area contributed by atoms with Gasteiger partial charge in [0.2, 0.25) is 5.91 Å². The van der Waals surface area contributed by atoms with Gasteiger partial charge in [-0.25, -0.2) is 9.98 Å². The summed E-state index contributed by atoms with van der Waals surface area (Å²) in [5, 5.41) is 4.45. The van der Waals surface area contributed by atoms with Crippen LogP contribution in [0.4, 0.5) is 13.2 Å². The highest BCUT2D eigenvalue weighted by molar-refractivity contribution is 7.09. The van der Waals surface area contributed by atoms with Crippen molar-refractivity contribution in [1.82, 2.24) is 20.1 Å². The number of amides is 1. The standard InChI is InChI=1S/C14H20F3N5OS/c1-3-18-13(22-6-4-21(5-7-22)10(2)23)19-8-12-20-11(9-24-12)14(15,16)17/h9H,3-8H2,1-2H3,(H,18,19). The number of guanidine groups is 1. The monoisotopic (exact) mass is 363 g/mol. The highest BCUT2D eigenvalue weighted by atomic mass is 32.1. The Morgan fingerprint density at radius 1 is 1.33 bits per heavy atom. The molecule has 24 heavy (non-hydrogen) atoms. The van der Waals surface area contributed by atoms with E-state index < -0.39 is 11.9 Å². The first-order valence-electron chi connectivity index (χ1n) is 7.61. The molecule has 2 heterocycles. The number of nitrogens with one attached hydrogen (secondary N) is 1. The summed E-state index contributed by atoms with van der Waals surface area (Å²) >= 11 is 0.950. The SMILES string of the molecule is CCNC(=NCc1nc(C(F)(F)F)cs1)N1CCN(C(C)=O)CC1. The molecule has 0 aliphatic carbocycles. The number of carbonyl (C=O) groups excluding carboxylic acids is 1. The predicted octanol–water partition coefficient (Wildman–Crippen LogP) is 1.79. The minimum Gasteiger partial charge on any atom is -0.357 e. The number of rotatable bonds is 3. The average Bonchev–Trinajstić information content (AvgIpc) is 3.01. The van der Waals surface area contributed by atoms with E-state index in [0.717, 1.165) is 16.7 Å². The third-order valence-electron chi connectivity index (χ3n) is 3.57. The van der Waals surface area contributed by atoms with E-state index in [1.54, 1.807) is 4.90 Å². The first-order valence-corrected chi connectivity index (χ1v) is 8.49. The summed E-state index contributed by atoms with van der Waals surface area (Å²) in [6.07, 6.45) is -4.42. The van der Waals surface area contributed by atoms with Crippen LogP contribution < -0.4 is 5.32 Å². The zero-order valence-corrected chi connectivity index (χ0v) is 14.4. The summed E-state index contributed by atoms with van der Waals surface area (Å²) in [7, 11) is 0. The molecule has 1 N–H and O–H groups in total. The molecular weight excluding hydrogens is 343 g/mol. The van der Waals surface area contributed by atoms with Gasteiger partial charge >= 0.3 is 6.18 Å². The van der Waals surface area contributed by atoms with Crippen molar-refractivity contribution >= 4 is 23.2 Å². The molecule has 1 amide bonds. The van der Waals surface area contributed by atoms with Crippen LogP contribution in [0.25, 0.3) is 0 Å². The highest BCUT2D eigenvalue weighted by Gasteiger charge is 2.33. The Hall–Kier alpha value is -1.84. The fourth-order valence-electron chi connectivity index (χ4n) is 2.32. The molecule has 0 spiro atoms. The minimum absolute atomic E-state index is 0.0408. The van der Waals surface area contributed by atoms with Crippen LogP contribution >= 0.6 is 11.3 Å². The Labute approximate surface area is 142 Å². The number of nitrogens with zero attached hydrogens (tertiary/aromatic N) is 4. The van der Waals surface area contributed by atoms with Gasteiger partial charge in [-0.2, -0.15) is 13.2 Å². The molecule has 6 nitrogen and oxygen atoms in total. The van der Waals surface area contributed by atoms with Crippen LogP contribution in [0.5, 0.6) is 0 Å². The number of halogens is 3. The van der Waals surface area contributed by atoms with Gasteiger partial charge in [-0.15, -0.1) is 11.3 Å². The maximum absolute atomic E-state index is 12.6. The fourth-order valence-corrected chi connectivity index (χ4v) is 3.04. The summed E-state index contributed by atoms with van der Waals surface area (Å²) < 4.78 is 37.7. The molecular formula is C14H20F3N5OS. The maximum Gasteiger partial charge on any atom is 0.434 e. The number of hydrogen-bond donors (Lipinski definition) is 1. The Bertz CT molecular complexity index is 593. The van der Waals surface area contributed by atoms with Gasteiger partial charge in [-0.1, -0.05) is 0 Å². The summed E-state index contributed by atoms with van der Waals surface area (Å²) in [5.41, 5.74) is -0.877. The first-order chi connectivity index (χ1) is 11.3. The molecule has 0 saturated carbocycles. The maximum atomic E-state index is 12.6. The van der Waals surface area contributed by atoms with Gasteiger partial charge in [0.15, 0.2) is 11.7 Å². The van der Waals surface area contributed by atoms with Gasteiger partial charge in [-0.05, 0) is 6.92 Å². The largest absolute Gasteiger partial charge is 0.434 e. The van der Waals surface area contributed by atoms with Crippen LogP contribution in [0.3, 0.4) is 0 Å². The van der Waals surface area contributed by atoms with Crippen molar-refractivity contribution in [3.05, 3.63) is 16.1 Å². The highest BCUT2D eigenvalue weighted by Crippen LogP contribution is 2.30. The van der Waals surface area contributed by atoms with E-state index in [0.29, 0.717) is 43.7 Å². The molecule has 0 aromatic carbocycles. The summed E-state index contributed by atoms with van der Waals surface area (Å²) in [4.78, 5) is 23.1. The van der Waals surface area contributed by atoms with E-state index in [9.17, 15) is 18.0 Å². The molecule has 2 rings (SSSR count). The molecule has 1 aliphatic rings. The van der Waals surface area contributed by atoms with Crippen molar-refractivity contribution in [3.63, 3.8) is 0 Å². The number of aliphatic imine (C=N–C) groups is 1. The third kappa shape index (κ3) is 4.83. The smallest absolute Gasteiger partial charge is 0.357 e. The molecule has 134 valence electrons. The summed E-state index contributed by atoms with van der Waals surface area (Å²) in [5.74, 6) is 0.670. The van der Waals surface area contributed by atoms with Crippen molar-refractivity contribution in [2.24, 2.45) is 4.99 Å². The van der Waals surface area contributed by atoms with Gasteiger partial charge in [0.1, 0.15) is 5.01 Å². The number of carbonyl (C=O) groups is 1. The van der Waals surface area contributed by atoms with Gasteiger partial charge in [-0.3, -0.25) is 4.79 Å². The topological polar surface area (TPSA) is 60.8 Å². The lowest BCUT2D eigenvalue weighted by Gasteiger charge is -2.36. The Balaban J connectivity index is 2.01. The number of piperazine rings is 1. The van der Waals surface area contributed by atoms with Gasteiger partial charge < -0.3 is 15.1 Å². The molecule has 0 unspecified atom stereocenters. The molecule has 1 fully saturated rings.